The van der Waals surface area contributed by atoms with Gasteiger partial charge in [0.15, 0.2) is 6.10 Å². The number of phosphoric acid groups is 1. The molecule has 0 aromatic carbocycles. The first kappa shape index (κ1) is 36.5. The van der Waals surface area contributed by atoms with Crippen molar-refractivity contribution in [3.05, 3.63) is 24.3 Å². The molecule has 0 unspecified atom stereocenters. The van der Waals surface area contributed by atoms with Crippen LogP contribution in [0.3, 0.4) is 0 Å². The highest BCUT2D eigenvalue weighted by molar-refractivity contribution is 7.46. The normalized spacial score (nSPS) is 12.8. The minimum absolute atomic E-state index is 0.200. The van der Waals surface area contributed by atoms with Crippen LogP contribution in [0.15, 0.2) is 24.3 Å². The molecule has 0 aliphatic rings. The van der Waals surface area contributed by atoms with Crippen LogP contribution in [0, 0.1) is 0 Å². The van der Waals surface area contributed by atoms with Crippen molar-refractivity contribution in [3.8, 4) is 0 Å². The summed E-state index contributed by atoms with van der Waals surface area (Å²) >= 11 is 0. The van der Waals surface area contributed by atoms with E-state index >= 15 is 0 Å². The summed E-state index contributed by atoms with van der Waals surface area (Å²) in [6.07, 6.45) is 24.9. The minimum atomic E-state index is -4.74. The summed E-state index contributed by atoms with van der Waals surface area (Å²) in [5, 5.41) is 0. The lowest BCUT2D eigenvalue weighted by molar-refractivity contribution is -0.161. The lowest BCUT2D eigenvalue weighted by Crippen LogP contribution is -2.29. The fourth-order valence-electron chi connectivity index (χ4n) is 3.77. The second-order valence-corrected chi connectivity index (χ2v) is 10.9. The first-order valence-corrected chi connectivity index (χ1v) is 16.2. The smallest absolute Gasteiger partial charge is 0.462 e. The van der Waals surface area contributed by atoms with Crippen molar-refractivity contribution in [3.63, 3.8) is 0 Å². The molecule has 0 rings (SSSR count). The standard InChI is InChI=1S/C29H53O8P/c1-3-5-7-9-11-13-14-16-18-20-22-24-29(31)37-27(26-36-38(32,33)34)25-35-28(30)23-21-19-17-15-12-10-8-6-4-2/h6,8-9,11,27H,3-5,7,10,12-26H2,1-2H3,(H2,32,33,34)/b8-6-,11-9+/t27-/m1/s1. The van der Waals surface area contributed by atoms with Crippen molar-refractivity contribution in [1.82, 2.24) is 0 Å². The van der Waals surface area contributed by atoms with Gasteiger partial charge in [0, 0.05) is 12.8 Å². The number of phosphoric ester groups is 1. The Labute approximate surface area is 230 Å². The van der Waals surface area contributed by atoms with Crippen LogP contribution < -0.4 is 0 Å². The molecule has 0 saturated heterocycles. The van der Waals surface area contributed by atoms with Crippen molar-refractivity contribution < 1.29 is 37.9 Å². The molecular formula is C29H53O8P. The fraction of sp³-hybridized carbons (Fsp3) is 0.793. The summed E-state index contributed by atoms with van der Waals surface area (Å²) in [5.41, 5.74) is 0. The van der Waals surface area contributed by atoms with Gasteiger partial charge in [0.2, 0.25) is 0 Å². The Morgan fingerprint density at radius 1 is 0.684 bits per heavy atom. The maximum atomic E-state index is 12.2. The topological polar surface area (TPSA) is 119 Å². The molecule has 0 radical (unpaired) electrons. The summed E-state index contributed by atoms with van der Waals surface area (Å²) in [6.45, 7) is 3.47. The maximum Gasteiger partial charge on any atom is 0.469 e. The third-order valence-electron chi connectivity index (χ3n) is 5.95. The van der Waals surface area contributed by atoms with Crippen molar-refractivity contribution in [2.45, 2.75) is 136 Å². The van der Waals surface area contributed by atoms with E-state index < -0.39 is 32.5 Å². The van der Waals surface area contributed by atoms with E-state index in [0.717, 1.165) is 77.0 Å². The predicted octanol–water partition coefficient (Wildman–Crippen LogP) is 7.72. The number of carbonyl (C=O) groups excluding carboxylic acids is 2. The molecule has 0 amide bonds. The van der Waals surface area contributed by atoms with Gasteiger partial charge >= 0.3 is 19.8 Å². The number of esters is 2. The molecule has 2 N–H and O–H groups in total. The third-order valence-corrected chi connectivity index (χ3v) is 6.44. The number of unbranched alkanes of at least 4 members (excludes halogenated alkanes) is 12. The Morgan fingerprint density at radius 3 is 1.74 bits per heavy atom. The number of carbonyl (C=O) groups is 2. The first-order chi connectivity index (χ1) is 18.3. The zero-order valence-corrected chi connectivity index (χ0v) is 24.7. The van der Waals surface area contributed by atoms with Gasteiger partial charge in [-0.25, -0.2) is 4.57 Å². The lowest BCUT2D eigenvalue weighted by Gasteiger charge is -2.18. The molecule has 0 aromatic heterocycles. The average molecular weight is 561 g/mol. The van der Waals surface area contributed by atoms with Gasteiger partial charge in [-0.2, -0.15) is 0 Å². The number of allylic oxidation sites excluding steroid dienone is 4. The predicted molar refractivity (Wildman–Crippen MR) is 152 cm³/mol. The summed E-state index contributed by atoms with van der Waals surface area (Å²) < 4.78 is 26.0. The Morgan fingerprint density at radius 2 is 1.18 bits per heavy atom. The third kappa shape index (κ3) is 27.6. The summed E-state index contributed by atoms with van der Waals surface area (Å²) in [7, 11) is -4.74. The molecule has 0 heterocycles. The average Bonchev–Trinajstić information content (AvgIpc) is 2.87. The van der Waals surface area contributed by atoms with Crippen molar-refractivity contribution >= 4 is 19.8 Å². The Kier molecular flexibility index (Phi) is 24.8. The van der Waals surface area contributed by atoms with Gasteiger partial charge in [-0.05, 0) is 51.4 Å². The second kappa shape index (κ2) is 25.8. The summed E-state index contributed by atoms with van der Waals surface area (Å²) in [4.78, 5) is 42.2. The van der Waals surface area contributed by atoms with E-state index in [1.165, 1.54) is 12.8 Å². The van der Waals surface area contributed by atoms with Gasteiger partial charge in [-0.1, -0.05) is 89.5 Å². The molecule has 0 fully saturated rings. The van der Waals surface area contributed by atoms with Crippen molar-refractivity contribution in [2.24, 2.45) is 0 Å². The van der Waals surface area contributed by atoms with Gasteiger partial charge in [-0.3, -0.25) is 14.1 Å². The molecule has 0 aliphatic carbocycles. The molecule has 1 atom stereocenters. The number of hydrogen-bond donors (Lipinski definition) is 2. The van der Waals surface area contributed by atoms with E-state index in [2.05, 4.69) is 42.7 Å². The Balaban J connectivity index is 4.11. The number of ether oxygens (including phenoxy) is 2. The molecule has 222 valence electrons. The molecule has 9 heteroatoms. The number of rotatable bonds is 26. The quantitative estimate of drug-likeness (QED) is 0.0477. The molecule has 38 heavy (non-hydrogen) atoms. The van der Waals surface area contributed by atoms with E-state index in [9.17, 15) is 14.2 Å². The van der Waals surface area contributed by atoms with E-state index in [1.54, 1.807) is 0 Å². The van der Waals surface area contributed by atoms with Gasteiger partial charge < -0.3 is 19.3 Å². The highest BCUT2D eigenvalue weighted by Crippen LogP contribution is 2.35. The Bertz CT molecular complexity index is 686. The first-order valence-electron chi connectivity index (χ1n) is 14.6. The Hall–Kier alpha value is -1.47. The zero-order chi connectivity index (χ0) is 28.3. The highest BCUT2D eigenvalue weighted by atomic mass is 31.2. The second-order valence-electron chi connectivity index (χ2n) is 9.69. The zero-order valence-electron chi connectivity index (χ0n) is 23.8. The van der Waals surface area contributed by atoms with Crippen LogP contribution in [0.25, 0.3) is 0 Å². The molecule has 0 bridgehead atoms. The SMILES string of the molecule is CC/C=C\CCCCCCCC(=O)OC[C@H](COP(=O)(O)O)OC(=O)CCCCCCC/C=C/CCCC. The van der Waals surface area contributed by atoms with Gasteiger partial charge in [0.25, 0.3) is 0 Å². The molecule has 0 spiro atoms. The minimum Gasteiger partial charge on any atom is -0.462 e. The lowest BCUT2D eigenvalue weighted by atomic mass is 10.1. The van der Waals surface area contributed by atoms with E-state index in [0.29, 0.717) is 12.8 Å². The van der Waals surface area contributed by atoms with Gasteiger partial charge in [0.1, 0.15) is 6.61 Å². The molecular weight excluding hydrogens is 507 g/mol. The van der Waals surface area contributed by atoms with Crippen LogP contribution in [-0.2, 0) is 28.2 Å². The molecule has 8 nitrogen and oxygen atoms in total. The van der Waals surface area contributed by atoms with E-state index in [1.807, 2.05) is 0 Å². The molecule has 0 aliphatic heterocycles. The maximum absolute atomic E-state index is 12.2. The monoisotopic (exact) mass is 560 g/mol. The molecule has 0 saturated carbocycles. The summed E-state index contributed by atoms with van der Waals surface area (Å²) in [6, 6.07) is 0. The summed E-state index contributed by atoms with van der Waals surface area (Å²) in [5.74, 6) is -0.915. The van der Waals surface area contributed by atoms with Crippen LogP contribution in [0.1, 0.15) is 129 Å². The van der Waals surface area contributed by atoms with E-state index in [4.69, 9.17) is 19.3 Å². The van der Waals surface area contributed by atoms with Crippen LogP contribution in [0.4, 0.5) is 0 Å². The van der Waals surface area contributed by atoms with Crippen molar-refractivity contribution in [2.75, 3.05) is 13.2 Å². The largest absolute Gasteiger partial charge is 0.469 e. The van der Waals surface area contributed by atoms with Crippen LogP contribution in [0.5, 0.6) is 0 Å². The van der Waals surface area contributed by atoms with Crippen molar-refractivity contribution in [1.29, 1.82) is 0 Å². The van der Waals surface area contributed by atoms with Gasteiger partial charge in [0.05, 0.1) is 6.61 Å². The van der Waals surface area contributed by atoms with Crippen LogP contribution in [0.2, 0.25) is 0 Å². The van der Waals surface area contributed by atoms with Crippen LogP contribution in [-0.4, -0.2) is 41.0 Å². The fourth-order valence-corrected chi connectivity index (χ4v) is 4.13. The number of hydrogen-bond acceptors (Lipinski definition) is 6. The highest BCUT2D eigenvalue weighted by Gasteiger charge is 2.22. The molecule has 0 aromatic rings. The van der Waals surface area contributed by atoms with E-state index in [-0.39, 0.29) is 19.4 Å². The van der Waals surface area contributed by atoms with Gasteiger partial charge in [-0.15, -0.1) is 0 Å². The van der Waals surface area contributed by atoms with Crippen LogP contribution >= 0.6 is 7.82 Å².